The van der Waals surface area contributed by atoms with Crippen LogP contribution >= 0.6 is 0 Å². The average Bonchev–Trinajstić information content (AvgIpc) is 2.58. The molecule has 0 bridgehead atoms. The Morgan fingerprint density at radius 1 is 1.41 bits per heavy atom. The fourth-order valence-corrected chi connectivity index (χ4v) is 3.03. The van der Waals surface area contributed by atoms with Crippen molar-refractivity contribution in [1.29, 1.82) is 0 Å². The highest BCUT2D eigenvalue weighted by atomic mass is 16.7. The van der Waals surface area contributed by atoms with Gasteiger partial charge in [-0.25, -0.2) is 9.97 Å². The van der Waals surface area contributed by atoms with Crippen LogP contribution in [-0.2, 0) is 16.1 Å². The summed E-state index contributed by atoms with van der Waals surface area (Å²) in [4.78, 5) is 10.9. The summed E-state index contributed by atoms with van der Waals surface area (Å²) >= 11 is 0. The highest BCUT2D eigenvalue weighted by Crippen LogP contribution is 2.26. The van der Waals surface area contributed by atoms with E-state index in [0.717, 1.165) is 39.0 Å². The van der Waals surface area contributed by atoms with E-state index in [0.29, 0.717) is 17.6 Å². The molecule has 6 heteroatoms. The van der Waals surface area contributed by atoms with Crippen molar-refractivity contribution in [3.8, 4) is 0 Å². The van der Waals surface area contributed by atoms with E-state index in [-0.39, 0.29) is 19.0 Å². The zero-order valence-corrected chi connectivity index (χ0v) is 13.1. The highest BCUT2D eigenvalue weighted by Gasteiger charge is 2.31. The molecule has 3 atom stereocenters. The fourth-order valence-electron chi connectivity index (χ4n) is 3.03. The number of anilines is 1. The van der Waals surface area contributed by atoms with Gasteiger partial charge in [0.25, 0.3) is 0 Å². The maximum atomic E-state index is 9.22. The molecule has 122 valence electrons. The second-order valence-corrected chi connectivity index (χ2v) is 6.19. The summed E-state index contributed by atoms with van der Waals surface area (Å²) in [7, 11) is 0. The van der Waals surface area contributed by atoms with Crippen molar-refractivity contribution in [2.45, 2.75) is 51.6 Å². The molecule has 22 heavy (non-hydrogen) atoms. The van der Waals surface area contributed by atoms with Gasteiger partial charge in [-0.15, -0.1) is 0 Å². The summed E-state index contributed by atoms with van der Waals surface area (Å²) in [6.45, 7) is 4.67. The number of hydrogen-bond donors (Lipinski definition) is 1. The Hall–Kier alpha value is -1.24. The third-order valence-electron chi connectivity index (χ3n) is 4.50. The number of aliphatic hydroxyl groups excluding tert-OH is 1. The van der Waals surface area contributed by atoms with E-state index >= 15 is 0 Å². The Morgan fingerprint density at radius 3 is 3.09 bits per heavy atom. The summed E-state index contributed by atoms with van der Waals surface area (Å²) in [6.07, 6.45) is 6.12. The molecule has 0 amide bonds. The first-order chi connectivity index (χ1) is 10.8. The van der Waals surface area contributed by atoms with Crippen LogP contribution < -0.4 is 4.90 Å². The van der Waals surface area contributed by atoms with Gasteiger partial charge in [-0.05, 0) is 37.7 Å². The SMILES string of the molecule is CC1CCN(c2nccc(CO)n2)CC1OC1CCCCO1. The van der Waals surface area contributed by atoms with Crippen LogP contribution in [0.4, 0.5) is 5.95 Å². The maximum absolute atomic E-state index is 9.22. The molecule has 0 saturated carbocycles. The maximum Gasteiger partial charge on any atom is 0.225 e. The van der Waals surface area contributed by atoms with Crippen molar-refractivity contribution in [3.63, 3.8) is 0 Å². The van der Waals surface area contributed by atoms with Crippen LogP contribution in [0.2, 0.25) is 0 Å². The quantitative estimate of drug-likeness (QED) is 0.913. The Morgan fingerprint density at radius 2 is 2.32 bits per heavy atom. The molecule has 3 heterocycles. The molecule has 0 radical (unpaired) electrons. The predicted molar refractivity (Wildman–Crippen MR) is 82.4 cm³/mol. The third kappa shape index (κ3) is 3.74. The molecule has 2 fully saturated rings. The molecule has 1 aromatic rings. The van der Waals surface area contributed by atoms with E-state index in [1.54, 1.807) is 12.3 Å². The minimum Gasteiger partial charge on any atom is -0.390 e. The summed E-state index contributed by atoms with van der Waals surface area (Å²) < 4.78 is 11.9. The molecule has 2 aliphatic rings. The smallest absolute Gasteiger partial charge is 0.225 e. The molecule has 2 saturated heterocycles. The first-order valence-corrected chi connectivity index (χ1v) is 8.21. The second kappa shape index (κ2) is 7.35. The van der Waals surface area contributed by atoms with E-state index < -0.39 is 0 Å². The lowest BCUT2D eigenvalue weighted by atomic mass is 9.96. The molecule has 2 aliphatic heterocycles. The van der Waals surface area contributed by atoms with E-state index in [1.165, 1.54) is 6.42 Å². The van der Waals surface area contributed by atoms with Gasteiger partial charge in [0.2, 0.25) is 5.95 Å². The van der Waals surface area contributed by atoms with Gasteiger partial charge >= 0.3 is 0 Å². The molecule has 0 aliphatic carbocycles. The van der Waals surface area contributed by atoms with Crippen LogP contribution in [0, 0.1) is 5.92 Å². The van der Waals surface area contributed by atoms with Crippen molar-refractivity contribution in [2.75, 3.05) is 24.6 Å². The Bertz CT molecular complexity index is 479. The molecular formula is C16H25N3O3. The summed E-state index contributed by atoms with van der Waals surface area (Å²) in [5.74, 6) is 1.18. The molecule has 6 nitrogen and oxygen atoms in total. The first-order valence-electron chi connectivity index (χ1n) is 8.21. The van der Waals surface area contributed by atoms with Gasteiger partial charge < -0.3 is 19.5 Å². The van der Waals surface area contributed by atoms with Crippen molar-refractivity contribution in [1.82, 2.24) is 9.97 Å². The zero-order chi connectivity index (χ0) is 15.4. The fraction of sp³-hybridized carbons (Fsp3) is 0.750. The van der Waals surface area contributed by atoms with Crippen molar-refractivity contribution in [3.05, 3.63) is 18.0 Å². The molecule has 1 N–H and O–H groups in total. The minimum absolute atomic E-state index is 0.0599. The Balaban J connectivity index is 1.64. The normalized spacial score (nSPS) is 29.5. The van der Waals surface area contributed by atoms with Crippen LogP contribution in [-0.4, -0.2) is 47.2 Å². The van der Waals surface area contributed by atoms with Gasteiger partial charge in [0.05, 0.1) is 18.4 Å². The van der Waals surface area contributed by atoms with Gasteiger partial charge in [-0.1, -0.05) is 6.92 Å². The number of aliphatic hydroxyl groups is 1. The standard InChI is InChI=1S/C16H25N3O3/c1-12-6-8-19(16-17-7-5-13(11-20)18-16)10-14(12)22-15-4-2-3-9-21-15/h5,7,12,14-15,20H,2-4,6,8-11H2,1H3. The largest absolute Gasteiger partial charge is 0.390 e. The Labute approximate surface area is 131 Å². The molecule has 0 spiro atoms. The monoisotopic (exact) mass is 307 g/mol. The van der Waals surface area contributed by atoms with E-state index in [9.17, 15) is 5.11 Å². The molecular weight excluding hydrogens is 282 g/mol. The lowest BCUT2D eigenvalue weighted by Gasteiger charge is -2.39. The number of nitrogens with zero attached hydrogens (tertiary/aromatic N) is 3. The van der Waals surface area contributed by atoms with Crippen LogP contribution in [0.5, 0.6) is 0 Å². The molecule has 0 aromatic carbocycles. The van der Waals surface area contributed by atoms with Crippen LogP contribution in [0.15, 0.2) is 12.3 Å². The number of rotatable bonds is 4. The van der Waals surface area contributed by atoms with E-state index in [2.05, 4.69) is 21.8 Å². The number of piperidine rings is 1. The minimum atomic E-state index is -0.0640. The molecule has 3 unspecified atom stereocenters. The van der Waals surface area contributed by atoms with Crippen LogP contribution in [0.3, 0.4) is 0 Å². The first kappa shape index (κ1) is 15.6. The van der Waals surface area contributed by atoms with E-state index in [4.69, 9.17) is 9.47 Å². The molecule has 3 rings (SSSR count). The topological polar surface area (TPSA) is 67.7 Å². The number of ether oxygens (including phenoxy) is 2. The third-order valence-corrected chi connectivity index (χ3v) is 4.50. The number of hydrogen-bond acceptors (Lipinski definition) is 6. The lowest BCUT2D eigenvalue weighted by molar-refractivity contribution is -0.197. The summed E-state index contributed by atoms with van der Waals surface area (Å²) in [5, 5.41) is 9.22. The average molecular weight is 307 g/mol. The number of aromatic nitrogens is 2. The van der Waals surface area contributed by atoms with E-state index in [1.807, 2.05) is 0 Å². The van der Waals surface area contributed by atoms with Crippen molar-refractivity contribution >= 4 is 5.95 Å². The molecule has 1 aromatic heterocycles. The highest BCUT2D eigenvalue weighted by molar-refractivity contribution is 5.31. The second-order valence-electron chi connectivity index (χ2n) is 6.19. The van der Waals surface area contributed by atoms with Crippen LogP contribution in [0.1, 0.15) is 38.3 Å². The van der Waals surface area contributed by atoms with Gasteiger partial charge in [-0.3, -0.25) is 0 Å². The lowest BCUT2D eigenvalue weighted by Crippen LogP contribution is -2.47. The van der Waals surface area contributed by atoms with Gasteiger partial charge in [-0.2, -0.15) is 0 Å². The van der Waals surface area contributed by atoms with Gasteiger partial charge in [0, 0.05) is 25.9 Å². The summed E-state index contributed by atoms with van der Waals surface area (Å²) in [5.41, 5.74) is 0.650. The summed E-state index contributed by atoms with van der Waals surface area (Å²) in [6, 6.07) is 1.74. The van der Waals surface area contributed by atoms with Crippen LogP contribution in [0.25, 0.3) is 0 Å². The van der Waals surface area contributed by atoms with Crippen molar-refractivity contribution < 1.29 is 14.6 Å². The van der Waals surface area contributed by atoms with Gasteiger partial charge in [0.15, 0.2) is 6.29 Å². The van der Waals surface area contributed by atoms with Crippen molar-refractivity contribution in [2.24, 2.45) is 5.92 Å². The zero-order valence-electron chi connectivity index (χ0n) is 13.1. The Kier molecular flexibility index (Phi) is 5.23. The predicted octanol–water partition coefficient (Wildman–Crippen LogP) is 1.73. The van der Waals surface area contributed by atoms with Gasteiger partial charge in [0.1, 0.15) is 0 Å².